The Hall–Kier alpha value is -1.36. The highest BCUT2D eigenvalue weighted by Gasteiger charge is 2.26. The van der Waals surface area contributed by atoms with E-state index in [4.69, 9.17) is 5.73 Å². The largest absolute Gasteiger partial charge is 0.333 e. The topological polar surface area (TPSA) is 64.2 Å². The van der Waals surface area contributed by atoms with Crippen LogP contribution in [0.2, 0.25) is 0 Å². The van der Waals surface area contributed by atoms with Crippen molar-refractivity contribution < 1.29 is 4.79 Å². The van der Waals surface area contributed by atoms with Crippen molar-refractivity contribution in [3.8, 4) is 0 Å². The van der Waals surface area contributed by atoms with Crippen LogP contribution in [0.15, 0.2) is 12.4 Å². The Balaban J connectivity index is 1.56. The minimum absolute atomic E-state index is 0.272. The molecule has 5 heteroatoms. The second-order valence-corrected chi connectivity index (χ2v) is 5.85. The van der Waals surface area contributed by atoms with Gasteiger partial charge >= 0.3 is 0 Å². The van der Waals surface area contributed by atoms with Crippen molar-refractivity contribution in [3.63, 3.8) is 0 Å². The monoisotopic (exact) mass is 262 g/mol. The van der Waals surface area contributed by atoms with Gasteiger partial charge < -0.3 is 15.2 Å². The number of nitrogens with zero attached hydrogens (tertiary/aromatic N) is 3. The van der Waals surface area contributed by atoms with Gasteiger partial charge in [0.05, 0.1) is 6.54 Å². The van der Waals surface area contributed by atoms with E-state index < -0.39 is 0 Å². The number of rotatable bonds is 2. The third-order valence-electron chi connectivity index (χ3n) is 4.38. The van der Waals surface area contributed by atoms with Gasteiger partial charge in [0.2, 0.25) is 5.91 Å². The number of carbonyl (C=O) groups excluding carboxylic acids is 1. The van der Waals surface area contributed by atoms with Crippen LogP contribution in [0.25, 0.3) is 0 Å². The van der Waals surface area contributed by atoms with Gasteiger partial charge in [0.1, 0.15) is 5.82 Å². The van der Waals surface area contributed by atoms with Crippen LogP contribution in [-0.4, -0.2) is 32.9 Å². The quantitative estimate of drug-likeness (QED) is 0.869. The molecule has 104 valence electrons. The molecule has 1 amide bonds. The Labute approximate surface area is 113 Å². The van der Waals surface area contributed by atoms with Crippen LogP contribution < -0.4 is 5.73 Å². The average molecular weight is 262 g/mol. The maximum atomic E-state index is 12.4. The fraction of sp³-hybridized carbons (Fsp3) is 0.714. The number of amides is 1. The molecule has 3 rings (SSSR count). The van der Waals surface area contributed by atoms with Crippen molar-refractivity contribution >= 4 is 5.91 Å². The maximum absolute atomic E-state index is 12.4. The Bertz CT molecular complexity index is 456. The van der Waals surface area contributed by atoms with E-state index in [0.717, 1.165) is 38.2 Å². The van der Waals surface area contributed by atoms with Crippen molar-refractivity contribution in [2.24, 2.45) is 11.7 Å². The van der Waals surface area contributed by atoms with Gasteiger partial charge in [-0.15, -0.1) is 0 Å². The van der Waals surface area contributed by atoms with Crippen LogP contribution in [0.1, 0.15) is 37.9 Å². The molecule has 2 unspecified atom stereocenters. The van der Waals surface area contributed by atoms with Gasteiger partial charge in [0.15, 0.2) is 0 Å². The van der Waals surface area contributed by atoms with Crippen LogP contribution in [0.4, 0.5) is 0 Å². The number of nitrogens with two attached hydrogens (primary N) is 1. The normalized spacial score (nSPS) is 27.1. The van der Waals surface area contributed by atoms with Crippen molar-refractivity contribution in [2.75, 3.05) is 6.54 Å². The number of hydrogen-bond acceptors (Lipinski definition) is 3. The Morgan fingerprint density at radius 2 is 2.32 bits per heavy atom. The summed E-state index contributed by atoms with van der Waals surface area (Å²) in [6.07, 6.45) is 8.90. The summed E-state index contributed by atoms with van der Waals surface area (Å²) in [4.78, 5) is 18.6. The minimum atomic E-state index is 0.272. The van der Waals surface area contributed by atoms with Crippen LogP contribution >= 0.6 is 0 Å². The lowest BCUT2D eigenvalue weighted by atomic mass is 9.84. The maximum Gasteiger partial charge on any atom is 0.223 e. The van der Waals surface area contributed by atoms with Crippen molar-refractivity contribution in [1.29, 1.82) is 0 Å². The molecule has 2 heterocycles. The Morgan fingerprint density at radius 1 is 1.42 bits per heavy atom. The molecule has 0 bridgehead atoms. The van der Waals surface area contributed by atoms with Crippen molar-refractivity contribution in [3.05, 3.63) is 18.2 Å². The molecule has 1 aliphatic carbocycles. The first-order valence-electron chi connectivity index (χ1n) is 7.26. The van der Waals surface area contributed by atoms with Gasteiger partial charge in [-0.2, -0.15) is 0 Å². The highest BCUT2D eigenvalue weighted by molar-refractivity contribution is 5.76. The van der Waals surface area contributed by atoms with Gasteiger partial charge in [0, 0.05) is 37.9 Å². The zero-order valence-electron chi connectivity index (χ0n) is 11.3. The predicted octanol–water partition coefficient (Wildman–Crippen LogP) is 1.13. The van der Waals surface area contributed by atoms with E-state index in [1.807, 2.05) is 17.3 Å². The van der Waals surface area contributed by atoms with E-state index in [9.17, 15) is 4.79 Å². The SMILES string of the molecule is NC1CCCC(CC(=O)N2CCn3ccnc3C2)C1. The molecule has 19 heavy (non-hydrogen) atoms. The van der Waals surface area contributed by atoms with Crippen molar-refractivity contribution in [1.82, 2.24) is 14.5 Å². The van der Waals surface area contributed by atoms with Crippen LogP contribution in [0, 0.1) is 5.92 Å². The predicted molar refractivity (Wildman–Crippen MR) is 72.2 cm³/mol. The minimum Gasteiger partial charge on any atom is -0.333 e. The summed E-state index contributed by atoms with van der Waals surface area (Å²) in [7, 11) is 0. The summed E-state index contributed by atoms with van der Waals surface area (Å²) in [6, 6.07) is 0.298. The lowest BCUT2D eigenvalue weighted by Crippen LogP contribution is -2.40. The zero-order chi connectivity index (χ0) is 13.2. The summed E-state index contributed by atoms with van der Waals surface area (Å²) >= 11 is 0. The van der Waals surface area contributed by atoms with E-state index in [1.54, 1.807) is 0 Å². The highest BCUT2D eigenvalue weighted by atomic mass is 16.2. The van der Waals surface area contributed by atoms with Gasteiger partial charge in [-0.1, -0.05) is 6.42 Å². The first-order valence-corrected chi connectivity index (χ1v) is 7.26. The fourth-order valence-electron chi connectivity index (χ4n) is 3.28. The second-order valence-electron chi connectivity index (χ2n) is 5.85. The molecule has 0 aromatic carbocycles. The summed E-state index contributed by atoms with van der Waals surface area (Å²) < 4.78 is 2.13. The second kappa shape index (κ2) is 5.33. The van der Waals surface area contributed by atoms with Crippen LogP contribution in [0.3, 0.4) is 0 Å². The third kappa shape index (κ3) is 2.81. The van der Waals surface area contributed by atoms with E-state index in [2.05, 4.69) is 9.55 Å². The van der Waals surface area contributed by atoms with Gasteiger partial charge in [-0.3, -0.25) is 4.79 Å². The molecule has 0 spiro atoms. The van der Waals surface area contributed by atoms with Crippen molar-refractivity contribution in [2.45, 2.75) is 51.2 Å². The number of aromatic nitrogens is 2. The molecule has 1 fully saturated rings. The third-order valence-corrected chi connectivity index (χ3v) is 4.38. The lowest BCUT2D eigenvalue weighted by molar-refractivity contribution is -0.134. The Kier molecular flexibility index (Phi) is 3.55. The number of carbonyl (C=O) groups is 1. The molecular weight excluding hydrogens is 240 g/mol. The molecule has 1 aromatic heterocycles. The first kappa shape index (κ1) is 12.7. The van der Waals surface area contributed by atoms with Crippen LogP contribution in [0.5, 0.6) is 0 Å². The van der Waals surface area contributed by atoms with E-state index >= 15 is 0 Å². The summed E-state index contributed by atoms with van der Waals surface area (Å²) in [6.45, 7) is 2.33. The molecule has 0 saturated heterocycles. The lowest BCUT2D eigenvalue weighted by Gasteiger charge is -2.31. The van der Waals surface area contributed by atoms with Gasteiger partial charge in [-0.25, -0.2) is 4.98 Å². The highest BCUT2D eigenvalue weighted by Crippen LogP contribution is 2.27. The molecule has 2 N–H and O–H groups in total. The molecule has 2 aliphatic rings. The zero-order valence-corrected chi connectivity index (χ0v) is 11.3. The van der Waals surface area contributed by atoms with Gasteiger partial charge in [-0.05, 0) is 25.2 Å². The number of fused-ring (bicyclic) bond motifs is 1. The van der Waals surface area contributed by atoms with Crippen LogP contribution in [-0.2, 0) is 17.9 Å². The Morgan fingerprint density at radius 3 is 3.16 bits per heavy atom. The van der Waals surface area contributed by atoms with E-state index in [1.165, 1.54) is 6.42 Å². The van der Waals surface area contributed by atoms with Gasteiger partial charge in [0.25, 0.3) is 0 Å². The molecule has 1 aliphatic heterocycles. The van der Waals surface area contributed by atoms with E-state index in [-0.39, 0.29) is 5.91 Å². The smallest absolute Gasteiger partial charge is 0.223 e. The molecule has 1 aromatic rings. The average Bonchev–Trinajstić information content (AvgIpc) is 2.85. The fourth-order valence-corrected chi connectivity index (χ4v) is 3.28. The summed E-state index contributed by atoms with van der Waals surface area (Å²) in [5, 5.41) is 0. The standard InChI is InChI=1S/C14H22N4O/c15-12-3-1-2-11(8-12)9-14(19)18-7-6-17-5-4-16-13(17)10-18/h4-5,11-12H,1-3,6-10,15H2. The summed E-state index contributed by atoms with van der Waals surface area (Å²) in [5.41, 5.74) is 5.99. The number of imidazole rings is 1. The number of hydrogen-bond donors (Lipinski definition) is 1. The van der Waals surface area contributed by atoms with E-state index in [0.29, 0.717) is 24.9 Å². The molecule has 0 radical (unpaired) electrons. The molecular formula is C14H22N4O. The molecule has 5 nitrogen and oxygen atoms in total. The molecule has 1 saturated carbocycles. The first-order chi connectivity index (χ1) is 9.22. The molecule has 2 atom stereocenters. The summed E-state index contributed by atoms with van der Waals surface area (Å²) in [5.74, 6) is 1.76.